The average Bonchev–Trinajstić information content (AvgIpc) is 2.96. The van der Waals surface area contributed by atoms with Gasteiger partial charge in [0.2, 0.25) is 0 Å². The van der Waals surface area contributed by atoms with E-state index in [0.29, 0.717) is 0 Å². The molecule has 0 aromatic heterocycles. The maximum absolute atomic E-state index is 12.7. The van der Waals surface area contributed by atoms with E-state index < -0.39 is 20.8 Å². The Balaban J connectivity index is 2.23. The lowest BCUT2D eigenvalue weighted by atomic mass is 9.76. The van der Waals surface area contributed by atoms with Crippen molar-refractivity contribution in [1.82, 2.24) is 10.7 Å². The third-order valence-electron chi connectivity index (χ3n) is 8.31. The third kappa shape index (κ3) is 10.4. The summed E-state index contributed by atoms with van der Waals surface area (Å²) in [6, 6.07) is 9.24. The second-order valence-corrected chi connectivity index (χ2v) is 14.4. The van der Waals surface area contributed by atoms with Crippen molar-refractivity contribution in [3.8, 4) is 5.75 Å². The Morgan fingerprint density at radius 2 is 1.65 bits per heavy atom. The van der Waals surface area contributed by atoms with Gasteiger partial charge < -0.3 is 10.1 Å². The lowest BCUT2D eigenvalue weighted by Crippen LogP contribution is -2.43. The van der Waals surface area contributed by atoms with Gasteiger partial charge in [-0.2, -0.15) is 0 Å². The third-order valence-corrected chi connectivity index (χ3v) is 9.44. The molecule has 2 amide bonds. The molecule has 0 fully saturated rings. The van der Waals surface area contributed by atoms with Crippen LogP contribution < -0.4 is 20.9 Å². The van der Waals surface area contributed by atoms with Gasteiger partial charge in [0.05, 0.1) is 22.1 Å². The Morgan fingerprint density at radius 1 is 0.977 bits per heavy atom. The summed E-state index contributed by atoms with van der Waals surface area (Å²) in [5, 5.41) is 13.9. The van der Waals surface area contributed by atoms with E-state index in [9.17, 15) is 23.3 Å². The molecule has 0 heterocycles. The van der Waals surface area contributed by atoms with Crippen LogP contribution in [0.4, 0.5) is 16.2 Å². The van der Waals surface area contributed by atoms with Crippen molar-refractivity contribution in [2.75, 3.05) is 18.2 Å². The molecule has 1 atom stereocenters. The Labute approximate surface area is 257 Å². The molecule has 0 saturated heterocycles. The lowest BCUT2D eigenvalue weighted by molar-refractivity contribution is -0.385. The van der Waals surface area contributed by atoms with Crippen molar-refractivity contribution in [1.29, 1.82) is 0 Å². The van der Waals surface area contributed by atoms with Crippen LogP contribution in [0, 0.1) is 10.1 Å². The normalized spacial score (nSPS) is 12.8. The Morgan fingerprint density at radius 3 is 2.23 bits per heavy atom. The van der Waals surface area contributed by atoms with Crippen LogP contribution in [0.3, 0.4) is 0 Å². The van der Waals surface area contributed by atoms with E-state index in [4.69, 9.17) is 4.74 Å². The van der Waals surface area contributed by atoms with Crippen LogP contribution in [0.2, 0.25) is 0 Å². The number of anilines is 1. The molecule has 1 unspecified atom stereocenters. The van der Waals surface area contributed by atoms with Crippen LogP contribution in [0.1, 0.15) is 105 Å². The predicted octanol–water partition coefficient (Wildman–Crippen LogP) is 7.42. The maximum Gasteiger partial charge on any atom is 0.333 e. The van der Waals surface area contributed by atoms with Crippen molar-refractivity contribution >= 4 is 27.2 Å². The summed E-state index contributed by atoms with van der Waals surface area (Å²) in [7, 11) is -3.80. The number of rotatable bonds is 17. The summed E-state index contributed by atoms with van der Waals surface area (Å²) in [5.74, 6) is 0.812. The first-order valence-corrected chi connectivity index (χ1v) is 17.0. The summed E-state index contributed by atoms with van der Waals surface area (Å²) in [6.07, 6.45) is 7.61. The van der Waals surface area contributed by atoms with Crippen LogP contribution in [0.5, 0.6) is 5.75 Å². The number of amides is 2. The molecule has 240 valence electrons. The van der Waals surface area contributed by atoms with Crippen LogP contribution in [-0.4, -0.2) is 38.3 Å². The topological polar surface area (TPSA) is 140 Å². The fourth-order valence-electron chi connectivity index (χ4n) is 4.57. The van der Waals surface area contributed by atoms with E-state index in [-0.39, 0.29) is 39.7 Å². The standard InChI is InChI=1S/C32H50N4O6S/c1-9-12-13-14-15-25(42-28-19-16-23(31(4,5)10-2)20-26(28)32(6,7)11-3)22-33-30(37)35-34-27-18-17-24(36(38)39)21-29(27)43(8,40)41/h16-21,25,34H,9-15,22H2,1-8H3,(H2,33,35,37). The second-order valence-electron chi connectivity index (χ2n) is 12.4. The number of hydrazine groups is 1. The minimum Gasteiger partial charge on any atom is -0.488 e. The highest BCUT2D eigenvalue weighted by Gasteiger charge is 2.28. The van der Waals surface area contributed by atoms with Crippen molar-refractivity contribution in [3.05, 3.63) is 57.6 Å². The number of urea groups is 1. The number of nitrogens with one attached hydrogen (secondary N) is 3. The zero-order chi connectivity index (χ0) is 32.4. The van der Waals surface area contributed by atoms with Crippen LogP contribution in [0.25, 0.3) is 0 Å². The molecule has 0 saturated carbocycles. The Hall–Kier alpha value is -3.34. The molecule has 2 aromatic carbocycles. The van der Waals surface area contributed by atoms with E-state index in [1.807, 2.05) is 0 Å². The Bertz CT molecular complexity index is 1360. The highest BCUT2D eigenvalue weighted by molar-refractivity contribution is 7.90. The molecular weight excluding hydrogens is 568 g/mol. The molecule has 0 spiro atoms. The maximum atomic E-state index is 12.7. The van der Waals surface area contributed by atoms with Gasteiger partial charge in [-0.05, 0) is 54.2 Å². The summed E-state index contributed by atoms with van der Waals surface area (Å²) in [6.45, 7) is 15.7. The number of nitro benzene ring substituents is 1. The van der Waals surface area contributed by atoms with E-state index in [1.54, 1.807) is 0 Å². The summed E-state index contributed by atoms with van der Waals surface area (Å²) >= 11 is 0. The smallest absolute Gasteiger partial charge is 0.333 e. The largest absolute Gasteiger partial charge is 0.488 e. The van der Waals surface area contributed by atoms with Gasteiger partial charge in [0.15, 0.2) is 9.84 Å². The van der Waals surface area contributed by atoms with Crippen molar-refractivity contribution in [2.24, 2.45) is 0 Å². The molecule has 0 aliphatic heterocycles. The number of carbonyl (C=O) groups excluding carboxylic acids is 1. The van der Waals surface area contributed by atoms with E-state index in [2.05, 4.69) is 82.8 Å². The number of sulfone groups is 1. The van der Waals surface area contributed by atoms with Crippen LogP contribution in [-0.2, 0) is 20.7 Å². The van der Waals surface area contributed by atoms with Crippen molar-refractivity contribution < 1.29 is 22.9 Å². The zero-order valence-electron chi connectivity index (χ0n) is 27.0. The minimum atomic E-state index is -3.80. The number of hydrogen-bond acceptors (Lipinski definition) is 7. The van der Waals surface area contributed by atoms with Gasteiger partial charge in [-0.1, -0.05) is 79.9 Å². The number of benzene rings is 2. The predicted molar refractivity (Wildman–Crippen MR) is 173 cm³/mol. The molecule has 0 aliphatic rings. The molecule has 3 N–H and O–H groups in total. The summed E-state index contributed by atoms with van der Waals surface area (Å²) < 4.78 is 31.0. The van der Waals surface area contributed by atoms with E-state index in [0.717, 1.165) is 68.6 Å². The van der Waals surface area contributed by atoms with Gasteiger partial charge >= 0.3 is 6.03 Å². The molecule has 0 radical (unpaired) electrons. The molecule has 2 rings (SSSR count). The number of non-ortho nitro benzene ring substituents is 1. The van der Waals surface area contributed by atoms with Crippen molar-refractivity contribution in [2.45, 2.75) is 115 Å². The first kappa shape index (κ1) is 35.9. The van der Waals surface area contributed by atoms with Crippen LogP contribution in [0.15, 0.2) is 41.3 Å². The fraction of sp³-hybridized carbons (Fsp3) is 0.594. The molecule has 0 aliphatic carbocycles. The number of unbranched alkanes of at least 4 members (excludes halogenated alkanes) is 3. The summed E-state index contributed by atoms with van der Waals surface area (Å²) in [5.41, 5.74) is 7.01. The number of carbonyl (C=O) groups is 1. The Kier molecular flexibility index (Phi) is 12.8. The highest BCUT2D eigenvalue weighted by Crippen LogP contribution is 2.39. The number of ether oxygens (including phenoxy) is 1. The first-order valence-electron chi connectivity index (χ1n) is 15.2. The molecule has 10 nitrogen and oxygen atoms in total. The summed E-state index contributed by atoms with van der Waals surface area (Å²) in [4.78, 5) is 22.9. The zero-order valence-corrected chi connectivity index (χ0v) is 27.8. The lowest BCUT2D eigenvalue weighted by Gasteiger charge is -2.32. The van der Waals surface area contributed by atoms with Crippen LogP contribution >= 0.6 is 0 Å². The number of hydrogen-bond donors (Lipinski definition) is 3. The molecule has 11 heteroatoms. The average molecular weight is 619 g/mol. The van der Waals surface area contributed by atoms with Gasteiger partial charge in [-0.15, -0.1) is 0 Å². The quantitative estimate of drug-likeness (QED) is 0.0952. The number of nitro groups is 1. The number of nitrogens with zero attached hydrogens (tertiary/aromatic N) is 1. The van der Waals surface area contributed by atoms with Gasteiger partial charge in [0, 0.05) is 24.0 Å². The molecular formula is C32H50N4O6S. The second kappa shape index (κ2) is 15.4. The van der Waals surface area contributed by atoms with Crippen molar-refractivity contribution in [3.63, 3.8) is 0 Å². The van der Waals surface area contributed by atoms with Gasteiger partial charge in [-0.3, -0.25) is 21.0 Å². The molecule has 2 aromatic rings. The monoisotopic (exact) mass is 618 g/mol. The minimum absolute atomic E-state index is 0.0251. The highest BCUT2D eigenvalue weighted by atomic mass is 32.2. The van der Waals surface area contributed by atoms with E-state index in [1.165, 1.54) is 17.7 Å². The SMILES string of the molecule is CCCCCCC(CNC(=O)NNc1ccc([N+](=O)[O-])cc1S(C)(=O)=O)Oc1ccc(C(C)(C)CC)cc1C(C)(C)CC. The fourth-order valence-corrected chi connectivity index (χ4v) is 5.42. The van der Waals surface area contributed by atoms with E-state index >= 15 is 0 Å². The van der Waals surface area contributed by atoms with Gasteiger partial charge in [0.1, 0.15) is 11.9 Å². The molecule has 0 bridgehead atoms. The molecule has 43 heavy (non-hydrogen) atoms. The first-order chi connectivity index (χ1) is 20.1. The van der Waals surface area contributed by atoms with Gasteiger partial charge in [-0.25, -0.2) is 13.2 Å². The van der Waals surface area contributed by atoms with Gasteiger partial charge in [0.25, 0.3) is 5.69 Å².